The number of carboxylic acids is 1. The molecule has 0 saturated carbocycles. The summed E-state index contributed by atoms with van der Waals surface area (Å²) in [5.41, 5.74) is 0. The van der Waals surface area contributed by atoms with Crippen LogP contribution >= 0.6 is 0 Å². The van der Waals surface area contributed by atoms with E-state index in [9.17, 15) is 22.8 Å². The minimum absolute atomic E-state index is 0.211. The largest absolute Gasteiger partial charge is 0.480 e. The van der Waals surface area contributed by atoms with E-state index < -0.39 is 31.1 Å². The van der Waals surface area contributed by atoms with E-state index in [0.29, 0.717) is 0 Å². The van der Waals surface area contributed by atoms with Gasteiger partial charge in [0.15, 0.2) is 0 Å². The highest BCUT2D eigenvalue weighted by Gasteiger charge is 2.33. The van der Waals surface area contributed by atoms with Crippen molar-refractivity contribution in [2.75, 3.05) is 13.1 Å². The van der Waals surface area contributed by atoms with Gasteiger partial charge in [-0.2, -0.15) is 13.2 Å². The van der Waals surface area contributed by atoms with Gasteiger partial charge in [0, 0.05) is 0 Å². The number of amides is 1. The van der Waals surface area contributed by atoms with Gasteiger partial charge in [-0.3, -0.25) is 9.59 Å². The summed E-state index contributed by atoms with van der Waals surface area (Å²) in [7, 11) is 0. The summed E-state index contributed by atoms with van der Waals surface area (Å²) in [4.78, 5) is 21.5. The highest BCUT2D eigenvalue weighted by atomic mass is 19.4. The highest BCUT2D eigenvalue weighted by molar-refractivity contribution is 5.89. The van der Waals surface area contributed by atoms with Crippen LogP contribution in [0.15, 0.2) is 12.2 Å². The fraction of sp³-hybridized carbons (Fsp3) is 0.500. The van der Waals surface area contributed by atoms with Gasteiger partial charge in [-0.05, 0) is 13.0 Å². The van der Waals surface area contributed by atoms with E-state index in [1.165, 1.54) is 13.0 Å². The first-order valence-corrected chi connectivity index (χ1v) is 3.96. The number of halogens is 3. The first kappa shape index (κ1) is 13.5. The Morgan fingerprint density at radius 1 is 1.40 bits per heavy atom. The van der Waals surface area contributed by atoms with E-state index in [-0.39, 0.29) is 4.90 Å². The van der Waals surface area contributed by atoms with E-state index >= 15 is 0 Å². The third-order valence-electron chi connectivity index (χ3n) is 1.32. The lowest BCUT2D eigenvalue weighted by atomic mass is 10.4. The molecule has 4 nitrogen and oxygen atoms in total. The molecule has 7 heteroatoms. The second-order valence-corrected chi connectivity index (χ2v) is 2.70. The van der Waals surface area contributed by atoms with Crippen molar-refractivity contribution in [2.24, 2.45) is 0 Å². The Labute approximate surface area is 84.0 Å². The average Bonchev–Trinajstić information content (AvgIpc) is 1.99. The molecule has 15 heavy (non-hydrogen) atoms. The highest BCUT2D eigenvalue weighted by Crippen LogP contribution is 2.16. The average molecular weight is 225 g/mol. The van der Waals surface area contributed by atoms with Crippen molar-refractivity contribution in [3.05, 3.63) is 12.2 Å². The fourth-order valence-corrected chi connectivity index (χ4v) is 0.839. The third-order valence-corrected chi connectivity index (χ3v) is 1.32. The van der Waals surface area contributed by atoms with Crippen LogP contribution in [0, 0.1) is 0 Å². The summed E-state index contributed by atoms with van der Waals surface area (Å²) in [6, 6.07) is 0. The normalized spacial score (nSPS) is 11.7. The first-order chi connectivity index (χ1) is 6.76. The quantitative estimate of drug-likeness (QED) is 0.727. The van der Waals surface area contributed by atoms with Crippen LogP contribution < -0.4 is 0 Å². The number of hydrogen-bond acceptors (Lipinski definition) is 2. The maximum atomic E-state index is 11.9. The Bertz CT molecular complexity index is 273. The minimum atomic E-state index is -4.60. The summed E-state index contributed by atoms with van der Waals surface area (Å²) in [5, 5.41) is 8.31. The molecule has 0 unspecified atom stereocenters. The van der Waals surface area contributed by atoms with Crippen LogP contribution in [0.1, 0.15) is 6.92 Å². The van der Waals surface area contributed by atoms with Crippen molar-refractivity contribution < 1.29 is 27.9 Å². The number of nitrogens with zero attached hydrogens (tertiary/aromatic N) is 1. The van der Waals surface area contributed by atoms with Crippen LogP contribution in [0.2, 0.25) is 0 Å². The Hall–Kier alpha value is -1.53. The van der Waals surface area contributed by atoms with Crippen molar-refractivity contribution >= 4 is 11.9 Å². The molecular formula is C8H10F3NO3. The van der Waals surface area contributed by atoms with E-state index in [1.54, 1.807) is 0 Å². The van der Waals surface area contributed by atoms with Crippen LogP contribution in [0.3, 0.4) is 0 Å². The number of carboxylic acid groups (broad SMARTS) is 1. The molecular weight excluding hydrogens is 215 g/mol. The van der Waals surface area contributed by atoms with Gasteiger partial charge >= 0.3 is 12.1 Å². The number of carbonyl (C=O) groups is 2. The van der Waals surface area contributed by atoms with Crippen molar-refractivity contribution in [3.63, 3.8) is 0 Å². The lowest BCUT2D eigenvalue weighted by Gasteiger charge is -2.20. The number of rotatable bonds is 4. The molecule has 0 spiro atoms. The molecule has 0 fully saturated rings. The van der Waals surface area contributed by atoms with Crippen LogP contribution in [-0.2, 0) is 9.59 Å². The summed E-state index contributed by atoms with van der Waals surface area (Å²) >= 11 is 0. The van der Waals surface area contributed by atoms with Gasteiger partial charge in [0.25, 0.3) is 0 Å². The Morgan fingerprint density at radius 3 is 2.27 bits per heavy atom. The van der Waals surface area contributed by atoms with Crippen molar-refractivity contribution in [1.29, 1.82) is 0 Å². The smallest absolute Gasteiger partial charge is 0.406 e. The molecule has 86 valence electrons. The van der Waals surface area contributed by atoms with Gasteiger partial charge < -0.3 is 10.0 Å². The van der Waals surface area contributed by atoms with Crippen molar-refractivity contribution in [1.82, 2.24) is 4.90 Å². The van der Waals surface area contributed by atoms with E-state index in [2.05, 4.69) is 0 Å². The Balaban J connectivity index is 4.58. The molecule has 0 aliphatic heterocycles. The van der Waals surface area contributed by atoms with Crippen molar-refractivity contribution in [3.8, 4) is 0 Å². The zero-order chi connectivity index (χ0) is 12.1. The molecule has 0 aromatic heterocycles. The summed E-state index contributed by atoms with van der Waals surface area (Å²) < 4.78 is 35.8. The minimum Gasteiger partial charge on any atom is -0.480 e. The van der Waals surface area contributed by atoms with Gasteiger partial charge in [-0.15, -0.1) is 0 Å². The maximum absolute atomic E-state index is 11.9. The number of hydrogen-bond donors (Lipinski definition) is 1. The van der Waals surface area contributed by atoms with E-state index in [0.717, 1.165) is 6.08 Å². The van der Waals surface area contributed by atoms with Crippen LogP contribution in [0.4, 0.5) is 13.2 Å². The monoisotopic (exact) mass is 225 g/mol. The first-order valence-electron chi connectivity index (χ1n) is 3.96. The molecule has 0 bridgehead atoms. The molecule has 0 aliphatic carbocycles. The molecule has 1 amide bonds. The third kappa shape index (κ3) is 6.53. The maximum Gasteiger partial charge on any atom is 0.406 e. The molecule has 0 saturated heterocycles. The molecule has 0 radical (unpaired) electrons. The van der Waals surface area contributed by atoms with E-state index in [1.807, 2.05) is 0 Å². The molecule has 0 aromatic carbocycles. The number of carbonyl (C=O) groups excluding carboxylic acids is 1. The zero-order valence-electron chi connectivity index (χ0n) is 7.91. The van der Waals surface area contributed by atoms with Crippen LogP contribution in [0.25, 0.3) is 0 Å². The lowest BCUT2D eigenvalue weighted by Crippen LogP contribution is -2.41. The van der Waals surface area contributed by atoms with Gasteiger partial charge in [0.2, 0.25) is 5.91 Å². The van der Waals surface area contributed by atoms with Crippen LogP contribution in [-0.4, -0.2) is 41.1 Å². The zero-order valence-corrected chi connectivity index (χ0v) is 7.91. The number of alkyl halides is 3. The Kier molecular flexibility index (Phi) is 4.83. The fourth-order valence-electron chi connectivity index (χ4n) is 0.839. The molecule has 0 aromatic rings. The standard InChI is InChI=1S/C8H10F3NO3/c1-2-3-6(13)12(4-7(14)15)5-8(9,10)11/h2-3H,4-5H2,1H3,(H,14,15). The predicted octanol–water partition coefficient (Wildman–Crippen LogP) is 1.04. The molecule has 0 aliphatic rings. The second-order valence-electron chi connectivity index (χ2n) is 2.70. The SMILES string of the molecule is CC=CC(=O)N(CC(=O)O)CC(F)(F)F. The van der Waals surface area contributed by atoms with Gasteiger partial charge in [-0.1, -0.05) is 6.08 Å². The number of allylic oxidation sites excluding steroid dienone is 1. The molecule has 0 heterocycles. The van der Waals surface area contributed by atoms with Gasteiger partial charge in [0.1, 0.15) is 13.1 Å². The number of aliphatic carboxylic acids is 1. The Morgan fingerprint density at radius 2 is 1.93 bits per heavy atom. The topological polar surface area (TPSA) is 57.6 Å². The predicted molar refractivity (Wildman–Crippen MR) is 45.1 cm³/mol. The molecule has 1 N–H and O–H groups in total. The summed E-state index contributed by atoms with van der Waals surface area (Å²) in [6.45, 7) is -1.09. The van der Waals surface area contributed by atoms with Gasteiger partial charge in [0.05, 0.1) is 0 Å². The summed E-state index contributed by atoms with van der Waals surface area (Å²) in [5.74, 6) is -2.46. The molecule has 0 rings (SSSR count). The van der Waals surface area contributed by atoms with Gasteiger partial charge in [-0.25, -0.2) is 0 Å². The van der Waals surface area contributed by atoms with E-state index in [4.69, 9.17) is 5.11 Å². The van der Waals surface area contributed by atoms with Crippen molar-refractivity contribution in [2.45, 2.75) is 13.1 Å². The van der Waals surface area contributed by atoms with Crippen LogP contribution in [0.5, 0.6) is 0 Å². The lowest BCUT2D eigenvalue weighted by molar-refractivity contribution is -0.163. The summed E-state index contributed by atoms with van der Waals surface area (Å²) in [6.07, 6.45) is -2.48. The second kappa shape index (κ2) is 5.38. The molecule has 0 atom stereocenters.